The molecule has 0 aliphatic heterocycles. The van der Waals surface area contributed by atoms with E-state index in [1.165, 1.54) is 48.6 Å². The summed E-state index contributed by atoms with van der Waals surface area (Å²) in [4.78, 5) is 11.9. The van der Waals surface area contributed by atoms with Gasteiger partial charge in [-0.2, -0.15) is 0 Å². The molecule has 2 rings (SSSR count). The third-order valence-electron chi connectivity index (χ3n) is 3.18. The van der Waals surface area contributed by atoms with Gasteiger partial charge in [0.1, 0.15) is 17.3 Å². The van der Waals surface area contributed by atoms with E-state index in [9.17, 15) is 23.6 Å². The zero-order chi connectivity index (χ0) is 18.9. The van der Waals surface area contributed by atoms with Crippen LogP contribution in [0.15, 0.2) is 72.5 Å². The van der Waals surface area contributed by atoms with Gasteiger partial charge in [-0.05, 0) is 47.5 Å². The first-order valence-electron chi connectivity index (χ1n) is 7.57. The Morgan fingerprint density at radius 1 is 0.846 bits per heavy atom. The van der Waals surface area contributed by atoms with Gasteiger partial charge in [-0.15, -0.1) is 0 Å². The van der Waals surface area contributed by atoms with E-state index in [1.54, 1.807) is 24.3 Å². The molecule has 0 bridgehead atoms. The summed E-state index contributed by atoms with van der Waals surface area (Å²) in [5.41, 5.74) is 1.30. The van der Waals surface area contributed by atoms with Crippen molar-refractivity contribution < 1.29 is 28.3 Å². The molecule has 2 aromatic rings. The van der Waals surface area contributed by atoms with Crippen molar-refractivity contribution in [3.05, 3.63) is 83.6 Å². The second-order valence-corrected chi connectivity index (χ2v) is 5.18. The molecule has 0 saturated carbocycles. The summed E-state index contributed by atoms with van der Waals surface area (Å²) in [7, 11) is -3.07. The van der Waals surface area contributed by atoms with Crippen LogP contribution in [0.25, 0.3) is 12.2 Å². The summed E-state index contributed by atoms with van der Waals surface area (Å²) in [5.74, 6) is -0.658. The summed E-state index contributed by atoms with van der Waals surface area (Å²) in [6.07, 6.45) is 6.35. The van der Waals surface area contributed by atoms with Crippen molar-refractivity contribution in [2.75, 3.05) is 0 Å². The summed E-state index contributed by atoms with van der Waals surface area (Å²) in [6.45, 7) is 0. The van der Waals surface area contributed by atoms with E-state index in [4.69, 9.17) is 0 Å². The minimum absolute atomic E-state index is 0.0799. The highest BCUT2D eigenvalue weighted by atomic mass is 19.2. The van der Waals surface area contributed by atoms with Crippen LogP contribution in [0.2, 0.25) is 0 Å². The molecule has 0 fully saturated rings. The maximum absolute atomic E-state index is 12.5. The number of hydrogen-bond donors (Lipinski definition) is 2. The van der Waals surface area contributed by atoms with Gasteiger partial charge < -0.3 is 14.9 Å². The Kier molecular flexibility index (Phi) is 6.73. The molecule has 0 amide bonds. The number of carbonyl (C=O) groups excluding carboxylic acids is 1. The Labute approximate surface area is 149 Å². The number of ketones is 1. The Morgan fingerprint density at radius 3 is 1.77 bits per heavy atom. The van der Waals surface area contributed by atoms with Crippen molar-refractivity contribution in [1.82, 2.24) is 0 Å². The smallest absolute Gasteiger partial charge is 0.508 e. The molecule has 0 atom stereocenters. The molecule has 0 aliphatic rings. The van der Waals surface area contributed by atoms with Crippen LogP contribution < -0.4 is 0 Å². The molecule has 0 radical (unpaired) electrons. The van der Waals surface area contributed by atoms with Crippen LogP contribution >= 0.6 is 0 Å². The topological polar surface area (TPSA) is 66.8 Å². The Bertz CT molecular complexity index is 826. The number of rotatable bonds is 7. The molecule has 4 nitrogen and oxygen atoms in total. The van der Waals surface area contributed by atoms with Crippen molar-refractivity contribution in [3.8, 4) is 11.5 Å². The van der Waals surface area contributed by atoms with Crippen LogP contribution in [0.5, 0.6) is 11.5 Å². The summed E-state index contributed by atoms with van der Waals surface area (Å²) < 4.78 is 29.4. The average molecular weight is 356 g/mol. The quantitative estimate of drug-likeness (QED) is 0.337. The first-order valence-corrected chi connectivity index (χ1v) is 7.57. The van der Waals surface area contributed by atoms with E-state index < -0.39 is 13.3 Å². The molecule has 0 aromatic heterocycles. The number of halogens is 2. The van der Waals surface area contributed by atoms with Crippen molar-refractivity contribution in [2.24, 2.45) is 0 Å². The fourth-order valence-electron chi connectivity index (χ4n) is 1.94. The monoisotopic (exact) mass is 356 g/mol. The van der Waals surface area contributed by atoms with Gasteiger partial charge in [-0.25, -0.2) is 8.63 Å². The largest absolute Gasteiger partial charge is 0.796 e. The number of benzene rings is 2. The normalized spacial score (nSPS) is 11.8. The number of phenolic OH excluding ortho intramolecular Hbond substituents is 2. The summed E-state index contributed by atoms with van der Waals surface area (Å²) in [6, 6.07) is 12.2. The van der Waals surface area contributed by atoms with E-state index in [1.807, 2.05) is 0 Å². The highest BCUT2D eigenvalue weighted by Crippen LogP contribution is 2.14. The average Bonchev–Trinajstić information content (AvgIpc) is 2.60. The van der Waals surface area contributed by atoms with E-state index in [0.717, 1.165) is 6.08 Å². The van der Waals surface area contributed by atoms with Gasteiger partial charge in [0, 0.05) is 6.08 Å². The predicted octanol–water partition coefficient (Wildman–Crippen LogP) is 4.22. The van der Waals surface area contributed by atoms with Crippen LogP contribution in [-0.4, -0.2) is 23.5 Å². The van der Waals surface area contributed by atoms with Crippen molar-refractivity contribution in [1.29, 1.82) is 0 Å². The molecule has 7 heteroatoms. The Morgan fingerprint density at radius 2 is 1.31 bits per heavy atom. The summed E-state index contributed by atoms with van der Waals surface area (Å²) in [5, 5.41) is 18.4. The lowest BCUT2D eigenvalue weighted by atomic mass is 10.1. The van der Waals surface area contributed by atoms with Gasteiger partial charge in [-0.1, -0.05) is 36.4 Å². The van der Waals surface area contributed by atoms with Crippen molar-refractivity contribution >= 4 is 25.4 Å². The lowest BCUT2D eigenvalue weighted by Gasteiger charge is -2.02. The van der Waals surface area contributed by atoms with Gasteiger partial charge in [0.25, 0.3) is 0 Å². The third kappa shape index (κ3) is 6.64. The maximum atomic E-state index is 12.5. The van der Waals surface area contributed by atoms with E-state index in [-0.39, 0.29) is 17.3 Å². The maximum Gasteiger partial charge on any atom is 0.796 e. The molecule has 0 spiro atoms. The van der Waals surface area contributed by atoms with Crippen LogP contribution in [-0.2, 0) is 9.45 Å². The Balaban J connectivity index is 2.12. The van der Waals surface area contributed by atoms with Crippen molar-refractivity contribution in [3.63, 3.8) is 0 Å². The third-order valence-corrected chi connectivity index (χ3v) is 3.18. The molecule has 0 aliphatic carbocycles. The van der Waals surface area contributed by atoms with Crippen LogP contribution in [0.3, 0.4) is 0 Å². The fraction of sp³-hybridized carbons (Fsp3) is 0. The van der Waals surface area contributed by atoms with E-state index >= 15 is 0 Å². The fourth-order valence-corrected chi connectivity index (χ4v) is 1.94. The first-order chi connectivity index (χ1) is 12.4. The second-order valence-electron chi connectivity index (χ2n) is 5.18. The van der Waals surface area contributed by atoms with Crippen LogP contribution in [0, 0.1) is 0 Å². The predicted molar refractivity (Wildman–Crippen MR) is 96.4 cm³/mol. The zero-order valence-corrected chi connectivity index (χ0v) is 13.5. The molecule has 0 saturated heterocycles. The number of hydrogen-bond acceptors (Lipinski definition) is 4. The second kappa shape index (κ2) is 9.22. The van der Waals surface area contributed by atoms with Gasteiger partial charge in [0.15, 0.2) is 5.78 Å². The van der Waals surface area contributed by atoms with Gasteiger partial charge >= 0.3 is 7.47 Å². The lowest BCUT2D eigenvalue weighted by molar-refractivity contribution is -0.110. The molecular weight excluding hydrogens is 341 g/mol. The zero-order valence-electron chi connectivity index (χ0n) is 13.5. The highest BCUT2D eigenvalue weighted by Gasteiger charge is 2.18. The van der Waals surface area contributed by atoms with Gasteiger partial charge in [0.2, 0.25) is 0 Å². The minimum Gasteiger partial charge on any atom is -0.508 e. The summed E-state index contributed by atoms with van der Waals surface area (Å²) >= 11 is 0. The number of carbonyl (C=O) groups is 1. The number of phenols is 2. The molecule has 2 aromatic carbocycles. The molecular formula is C19H15BF2O4. The molecule has 0 unspecified atom stereocenters. The molecule has 0 heterocycles. The van der Waals surface area contributed by atoms with Crippen LogP contribution in [0.4, 0.5) is 8.63 Å². The lowest BCUT2D eigenvalue weighted by Crippen LogP contribution is -2.04. The first kappa shape index (κ1) is 19.0. The SMILES string of the molecule is O=C(/C=C(/C=C/c1ccc(O)cc1)OB(F)F)/C=C/c1ccc(O)cc1. The van der Waals surface area contributed by atoms with Gasteiger partial charge in [0.05, 0.1) is 0 Å². The van der Waals surface area contributed by atoms with E-state index in [0.29, 0.717) is 11.1 Å². The molecule has 132 valence electrons. The van der Waals surface area contributed by atoms with Gasteiger partial charge in [-0.3, -0.25) is 4.79 Å². The molecule has 26 heavy (non-hydrogen) atoms. The van der Waals surface area contributed by atoms with E-state index in [2.05, 4.69) is 4.65 Å². The number of allylic oxidation sites excluding steroid dienone is 3. The standard InChI is InChI=1S/C19H15BF2O4/c21-20(22)26-19(12-6-15-3-9-17(24)10-4-15)13-18(25)11-5-14-1-7-16(23)8-2-14/h1-13,23-24H/b11-5+,12-6+,19-13-. The number of aromatic hydroxyl groups is 2. The minimum atomic E-state index is -3.07. The highest BCUT2D eigenvalue weighted by molar-refractivity contribution is 6.35. The Hall–Kier alpha value is -3.35. The van der Waals surface area contributed by atoms with Crippen molar-refractivity contribution in [2.45, 2.75) is 0 Å². The molecule has 2 N–H and O–H groups in total. The van der Waals surface area contributed by atoms with Crippen LogP contribution in [0.1, 0.15) is 11.1 Å².